The largest absolute Gasteiger partial charge is 0.453 e. The second-order valence-corrected chi connectivity index (χ2v) is 8.10. The van der Waals surface area contributed by atoms with Crippen molar-refractivity contribution in [3.63, 3.8) is 0 Å². The number of nitrogen functional groups attached to an aromatic ring is 1. The summed E-state index contributed by atoms with van der Waals surface area (Å²) in [6.45, 7) is 3.70. The molecule has 0 saturated carbocycles. The predicted molar refractivity (Wildman–Crippen MR) is 135 cm³/mol. The quantitative estimate of drug-likeness (QED) is 0.163. The summed E-state index contributed by atoms with van der Waals surface area (Å²) in [5.41, 5.74) is 10.2. The number of alkyl carbamates (subject to hydrolysis) is 1. The molecule has 0 spiro atoms. The number of anilines is 1. The van der Waals surface area contributed by atoms with E-state index in [0.717, 1.165) is 11.1 Å². The van der Waals surface area contributed by atoms with Gasteiger partial charge in [0, 0.05) is 22.6 Å². The van der Waals surface area contributed by atoms with Crippen LogP contribution in [-0.4, -0.2) is 29.9 Å². The van der Waals surface area contributed by atoms with Crippen LogP contribution < -0.4 is 11.1 Å². The smallest absolute Gasteiger partial charge is 0.412 e. The Kier molecular flexibility index (Phi) is 8.43. The molecule has 0 aliphatic rings. The Labute approximate surface area is 197 Å². The SMILES string of the molecule is C=CCSC(=Nc1ccc(C(=O)c2ccccc2)c(Cc2cccc(N)c2)c1)NC(=O)OC. The predicted octanol–water partition coefficient (Wildman–Crippen LogP) is 5.35. The van der Waals surface area contributed by atoms with Gasteiger partial charge in [-0.15, -0.1) is 6.58 Å². The molecule has 0 radical (unpaired) electrons. The zero-order valence-corrected chi connectivity index (χ0v) is 19.1. The molecule has 33 heavy (non-hydrogen) atoms. The van der Waals surface area contributed by atoms with Crippen LogP contribution in [0.5, 0.6) is 0 Å². The topological polar surface area (TPSA) is 93.8 Å². The second-order valence-electron chi connectivity index (χ2n) is 7.09. The van der Waals surface area contributed by atoms with Gasteiger partial charge in [-0.3, -0.25) is 10.1 Å². The molecule has 1 amide bonds. The number of thioether (sulfide) groups is 1. The lowest BCUT2D eigenvalue weighted by atomic mass is 9.93. The summed E-state index contributed by atoms with van der Waals surface area (Å²) in [6, 6.07) is 22.1. The normalized spacial score (nSPS) is 11.0. The van der Waals surface area contributed by atoms with E-state index in [4.69, 9.17) is 5.73 Å². The Morgan fingerprint density at radius 1 is 1.09 bits per heavy atom. The minimum atomic E-state index is -0.610. The molecule has 0 aliphatic heterocycles. The van der Waals surface area contributed by atoms with E-state index < -0.39 is 6.09 Å². The highest BCUT2D eigenvalue weighted by Crippen LogP contribution is 2.25. The van der Waals surface area contributed by atoms with Crippen molar-refractivity contribution in [3.8, 4) is 0 Å². The first-order valence-electron chi connectivity index (χ1n) is 10.2. The number of rotatable bonds is 7. The number of amides is 1. The van der Waals surface area contributed by atoms with E-state index in [9.17, 15) is 9.59 Å². The standard InChI is InChI=1S/C26H25N3O3S/c1-3-14-33-25(29-26(31)32-2)28-22-12-13-23(24(30)19-9-5-4-6-10-19)20(17-22)15-18-8-7-11-21(27)16-18/h3-13,16-17H,1,14-15,27H2,2H3,(H,28,29,31). The average Bonchev–Trinajstić information content (AvgIpc) is 2.83. The summed E-state index contributed by atoms with van der Waals surface area (Å²) in [7, 11) is 1.29. The van der Waals surface area contributed by atoms with E-state index in [1.165, 1.54) is 18.9 Å². The van der Waals surface area contributed by atoms with Crippen molar-refractivity contribution in [1.82, 2.24) is 5.32 Å². The summed E-state index contributed by atoms with van der Waals surface area (Å²) >= 11 is 1.32. The zero-order valence-electron chi connectivity index (χ0n) is 18.3. The Balaban J connectivity index is 2.03. The van der Waals surface area contributed by atoms with Crippen molar-refractivity contribution in [2.45, 2.75) is 6.42 Å². The number of carbonyl (C=O) groups excluding carboxylic acids is 2. The summed E-state index contributed by atoms with van der Waals surface area (Å²) in [6.07, 6.45) is 1.61. The molecule has 0 fully saturated rings. The molecule has 0 saturated heterocycles. The fraction of sp³-hybridized carbons (Fsp3) is 0.115. The van der Waals surface area contributed by atoms with E-state index in [2.05, 4.69) is 21.6 Å². The van der Waals surface area contributed by atoms with Crippen LogP contribution in [0.2, 0.25) is 0 Å². The number of ether oxygens (including phenoxy) is 1. The first kappa shape index (κ1) is 23.8. The molecule has 3 aromatic carbocycles. The lowest BCUT2D eigenvalue weighted by Crippen LogP contribution is -2.28. The molecule has 0 heterocycles. The number of aliphatic imine (C=N–C) groups is 1. The summed E-state index contributed by atoms with van der Waals surface area (Å²) < 4.78 is 4.69. The summed E-state index contributed by atoms with van der Waals surface area (Å²) in [5, 5.41) is 2.98. The monoisotopic (exact) mass is 459 g/mol. The van der Waals surface area contributed by atoms with Gasteiger partial charge in [-0.25, -0.2) is 9.79 Å². The van der Waals surface area contributed by atoms with Crippen LogP contribution in [0.4, 0.5) is 16.2 Å². The minimum absolute atomic E-state index is 0.0704. The van der Waals surface area contributed by atoms with Crippen LogP contribution in [0.25, 0.3) is 0 Å². The second kappa shape index (κ2) is 11.7. The molecule has 7 heteroatoms. The van der Waals surface area contributed by atoms with E-state index in [-0.39, 0.29) is 5.78 Å². The fourth-order valence-electron chi connectivity index (χ4n) is 3.18. The van der Waals surface area contributed by atoms with Gasteiger partial charge >= 0.3 is 6.09 Å². The highest BCUT2D eigenvalue weighted by atomic mass is 32.2. The van der Waals surface area contributed by atoms with E-state index >= 15 is 0 Å². The number of benzene rings is 3. The molecule has 0 unspecified atom stereocenters. The van der Waals surface area contributed by atoms with Crippen LogP contribution in [0.15, 0.2) is 90.4 Å². The average molecular weight is 460 g/mol. The highest BCUT2D eigenvalue weighted by molar-refractivity contribution is 8.14. The van der Waals surface area contributed by atoms with Gasteiger partial charge in [-0.2, -0.15) is 0 Å². The number of amidine groups is 1. The number of carbonyl (C=O) groups is 2. The Morgan fingerprint density at radius 2 is 1.88 bits per heavy atom. The number of hydrogen-bond donors (Lipinski definition) is 2. The van der Waals surface area contributed by atoms with Crippen LogP contribution in [0.3, 0.4) is 0 Å². The van der Waals surface area contributed by atoms with Crippen molar-refractivity contribution in [2.75, 3.05) is 18.6 Å². The first-order valence-corrected chi connectivity index (χ1v) is 11.2. The van der Waals surface area contributed by atoms with E-state index in [1.54, 1.807) is 30.3 Å². The fourth-order valence-corrected chi connectivity index (χ4v) is 3.78. The first-order chi connectivity index (χ1) is 16.0. The molecule has 0 atom stereocenters. The van der Waals surface area contributed by atoms with Gasteiger partial charge in [0.1, 0.15) is 0 Å². The van der Waals surface area contributed by atoms with Crippen molar-refractivity contribution in [3.05, 3.63) is 108 Å². The van der Waals surface area contributed by atoms with Gasteiger partial charge in [0.25, 0.3) is 0 Å². The molecule has 6 nitrogen and oxygen atoms in total. The lowest BCUT2D eigenvalue weighted by molar-refractivity contribution is 0.103. The van der Waals surface area contributed by atoms with E-state index in [0.29, 0.717) is 39.8 Å². The van der Waals surface area contributed by atoms with Gasteiger partial charge < -0.3 is 10.5 Å². The third kappa shape index (κ3) is 6.82. The number of nitrogens with zero attached hydrogens (tertiary/aromatic N) is 1. The summed E-state index contributed by atoms with van der Waals surface area (Å²) in [4.78, 5) is 29.5. The molecule has 0 bridgehead atoms. The Hall–Kier alpha value is -3.84. The van der Waals surface area contributed by atoms with Crippen LogP contribution in [-0.2, 0) is 11.2 Å². The molecule has 3 rings (SSSR count). The van der Waals surface area contributed by atoms with Crippen LogP contribution in [0, 0.1) is 0 Å². The van der Waals surface area contributed by atoms with Crippen molar-refractivity contribution in [2.24, 2.45) is 4.99 Å². The maximum absolute atomic E-state index is 13.2. The number of methoxy groups -OCH3 is 1. The van der Waals surface area contributed by atoms with E-state index in [1.807, 2.05) is 48.5 Å². The third-order valence-electron chi connectivity index (χ3n) is 4.68. The lowest BCUT2D eigenvalue weighted by Gasteiger charge is -2.12. The van der Waals surface area contributed by atoms with Gasteiger partial charge in [0.15, 0.2) is 11.0 Å². The Morgan fingerprint density at radius 3 is 2.58 bits per heavy atom. The molecule has 0 aliphatic carbocycles. The molecular weight excluding hydrogens is 434 g/mol. The van der Waals surface area contributed by atoms with Gasteiger partial charge in [-0.05, 0) is 47.9 Å². The molecule has 3 N–H and O–H groups in total. The van der Waals surface area contributed by atoms with Crippen LogP contribution >= 0.6 is 11.8 Å². The minimum Gasteiger partial charge on any atom is -0.453 e. The van der Waals surface area contributed by atoms with Crippen molar-refractivity contribution in [1.29, 1.82) is 0 Å². The molecule has 0 aromatic heterocycles. The molecule has 168 valence electrons. The zero-order chi connectivity index (χ0) is 23.6. The highest BCUT2D eigenvalue weighted by Gasteiger charge is 2.15. The van der Waals surface area contributed by atoms with Gasteiger partial charge in [-0.1, -0.05) is 60.3 Å². The number of nitrogens with one attached hydrogen (secondary N) is 1. The summed E-state index contributed by atoms with van der Waals surface area (Å²) in [5.74, 6) is 0.489. The molecular formula is C26H25N3O3S. The number of ketones is 1. The number of nitrogens with two attached hydrogens (primary N) is 1. The van der Waals surface area contributed by atoms with Crippen molar-refractivity contribution >= 4 is 40.2 Å². The maximum atomic E-state index is 13.2. The number of hydrogen-bond acceptors (Lipinski definition) is 6. The maximum Gasteiger partial charge on any atom is 0.412 e. The van der Waals surface area contributed by atoms with Crippen LogP contribution in [0.1, 0.15) is 27.0 Å². The van der Waals surface area contributed by atoms with Crippen molar-refractivity contribution < 1.29 is 14.3 Å². The molecule has 3 aromatic rings. The third-order valence-corrected chi connectivity index (χ3v) is 5.55. The van der Waals surface area contributed by atoms with Gasteiger partial charge in [0.2, 0.25) is 0 Å². The Bertz CT molecular complexity index is 1180. The van der Waals surface area contributed by atoms with Gasteiger partial charge in [0.05, 0.1) is 12.8 Å².